The average Bonchev–Trinajstić information content (AvgIpc) is 3.29. The maximum atomic E-state index is 12.8. The number of hydrogen-bond acceptors (Lipinski definition) is 6. The van der Waals surface area contributed by atoms with E-state index in [1.54, 1.807) is 0 Å². The number of benzene rings is 2. The molecule has 2 aromatic carbocycles. The summed E-state index contributed by atoms with van der Waals surface area (Å²) >= 11 is 1.28. The minimum Gasteiger partial charge on any atom is -0.365 e. The number of nitrogens with one attached hydrogen (secondary N) is 1. The van der Waals surface area contributed by atoms with Crippen LogP contribution in [0.1, 0.15) is 40.1 Å². The number of aryl methyl sites for hydroxylation is 2. The third-order valence-corrected chi connectivity index (χ3v) is 6.77. The van der Waals surface area contributed by atoms with Crippen LogP contribution in [0.15, 0.2) is 54.6 Å². The molecular weight excluding hydrogens is 434 g/mol. The highest BCUT2D eigenvalue weighted by molar-refractivity contribution is 7.13. The highest BCUT2D eigenvalue weighted by Gasteiger charge is 2.26. The fourth-order valence-corrected chi connectivity index (χ4v) is 4.85. The normalized spacial score (nSPS) is 16.0. The minimum absolute atomic E-state index is 0.178. The Morgan fingerprint density at radius 3 is 2.67 bits per heavy atom. The lowest BCUT2D eigenvalue weighted by Gasteiger charge is -2.41. The van der Waals surface area contributed by atoms with Gasteiger partial charge in [-0.05, 0) is 50.1 Å². The molecule has 0 radical (unpaired) electrons. The number of amides is 2. The topological polar surface area (TPSA) is 78.4 Å². The number of carbonyl (C=O) groups is 2. The van der Waals surface area contributed by atoms with Crippen LogP contribution in [0.5, 0.6) is 0 Å². The van der Waals surface area contributed by atoms with Gasteiger partial charge in [0.2, 0.25) is 10.9 Å². The molecule has 1 aliphatic rings. The molecule has 1 aromatic heterocycles. The van der Waals surface area contributed by atoms with Crippen LogP contribution < -0.4 is 10.2 Å². The predicted octanol–water partition coefficient (Wildman–Crippen LogP) is 4.16. The number of hydrogen-bond donors (Lipinski definition) is 1. The molecule has 33 heavy (non-hydrogen) atoms. The zero-order valence-electron chi connectivity index (χ0n) is 19.0. The summed E-state index contributed by atoms with van der Waals surface area (Å²) in [5.41, 5.74) is 3.19. The minimum atomic E-state index is -0.263. The zero-order chi connectivity index (χ0) is 23.2. The van der Waals surface area contributed by atoms with Gasteiger partial charge in [-0.15, -0.1) is 10.2 Å². The molecule has 1 saturated heterocycles. The molecule has 0 aliphatic carbocycles. The summed E-state index contributed by atoms with van der Waals surface area (Å²) in [6.45, 7) is 6.58. The first-order valence-corrected chi connectivity index (χ1v) is 12.1. The third kappa shape index (κ3) is 5.96. The van der Waals surface area contributed by atoms with Gasteiger partial charge in [0, 0.05) is 49.9 Å². The Balaban J connectivity index is 1.23. The largest absolute Gasteiger partial charge is 0.365 e. The summed E-state index contributed by atoms with van der Waals surface area (Å²) in [4.78, 5) is 29.4. The molecule has 1 aliphatic heterocycles. The van der Waals surface area contributed by atoms with Gasteiger partial charge < -0.3 is 15.1 Å². The Morgan fingerprint density at radius 2 is 1.91 bits per heavy atom. The molecule has 1 N–H and O–H groups in total. The van der Waals surface area contributed by atoms with Crippen LogP contribution in [-0.2, 0) is 11.2 Å². The molecule has 2 amide bonds. The summed E-state index contributed by atoms with van der Waals surface area (Å²) in [5, 5.41) is 12.1. The standard InChI is InChI=1S/C25H29N5O2S/c1-18-8-6-11-21(16-18)30-15-14-29(17-19(30)2)23(31)13-7-12-22-27-28-25(33-22)24(32)26-20-9-4-3-5-10-20/h3-6,8-11,16,19H,7,12-15,17H2,1-2H3,(H,26,32)/t19-/m0/s1. The highest BCUT2D eigenvalue weighted by atomic mass is 32.1. The highest BCUT2D eigenvalue weighted by Crippen LogP contribution is 2.22. The van der Waals surface area contributed by atoms with Gasteiger partial charge in [-0.2, -0.15) is 0 Å². The van der Waals surface area contributed by atoms with Crippen LogP contribution in [-0.4, -0.2) is 52.6 Å². The second kappa shape index (κ2) is 10.6. The van der Waals surface area contributed by atoms with E-state index < -0.39 is 0 Å². The average molecular weight is 464 g/mol. The van der Waals surface area contributed by atoms with Crippen molar-refractivity contribution >= 4 is 34.5 Å². The van der Waals surface area contributed by atoms with Crippen molar-refractivity contribution in [1.29, 1.82) is 0 Å². The number of aromatic nitrogens is 2. The smallest absolute Gasteiger partial charge is 0.286 e. The van der Waals surface area contributed by atoms with E-state index in [0.717, 1.165) is 30.3 Å². The molecule has 172 valence electrons. The molecule has 0 bridgehead atoms. The molecule has 1 fully saturated rings. The van der Waals surface area contributed by atoms with Gasteiger partial charge in [-0.3, -0.25) is 9.59 Å². The first kappa shape index (κ1) is 22.9. The van der Waals surface area contributed by atoms with E-state index in [1.165, 1.54) is 22.6 Å². The fourth-order valence-electron chi connectivity index (χ4n) is 4.08. The molecule has 7 nitrogen and oxygen atoms in total. The first-order valence-electron chi connectivity index (χ1n) is 11.3. The van der Waals surface area contributed by atoms with Crippen LogP contribution >= 0.6 is 11.3 Å². The van der Waals surface area contributed by atoms with Crippen molar-refractivity contribution < 1.29 is 9.59 Å². The molecule has 3 aromatic rings. The first-order chi connectivity index (χ1) is 16.0. The van der Waals surface area contributed by atoms with E-state index in [9.17, 15) is 9.59 Å². The predicted molar refractivity (Wildman–Crippen MR) is 132 cm³/mol. The maximum absolute atomic E-state index is 12.8. The Kier molecular flexibility index (Phi) is 7.34. The molecule has 4 rings (SSSR count). The van der Waals surface area contributed by atoms with Crippen LogP contribution in [0.4, 0.5) is 11.4 Å². The van der Waals surface area contributed by atoms with Crippen molar-refractivity contribution in [3.63, 3.8) is 0 Å². The lowest BCUT2D eigenvalue weighted by Crippen LogP contribution is -2.53. The third-order valence-electron chi connectivity index (χ3n) is 5.79. The lowest BCUT2D eigenvalue weighted by atomic mass is 10.1. The van der Waals surface area contributed by atoms with Crippen LogP contribution in [0.25, 0.3) is 0 Å². The van der Waals surface area contributed by atoms with E-state index in [4.69, 9.17) is 0 Å². The van der Waals surface area contributed by atoms with Crippen molar-refractivity contribution in [1.82, 2.24) is 15.1 Å². The number of nitrogens with zero attached hydrogens (tertiary/aromatic N) is 4. The molecule has 8 heteroatoms. The number of piperazine rings is 1. The van der Waals surface area contributed by atoms with Gasteiger partial charge in [-0.25, -0.2) is 0 Å². The van der Waals surface area contributed by atoms with E-state index in [0.29, 0.717) is 24.3 Å². The van der Waals surface area contributed by atoms with Crippen LogP contribution in [0.2, 0.25) is 0 Å². The molecular formula is C25H29N5O2S. The molecule has 0 saturated carbocycles. The summed E-state index contributed by atoms with van der Waals surface area (Å²) in [5.74, 6) is -0.0844. The van der Waals surface area contributed by atoms with Gasteiger partial charge in [-0.1, -0.05) is 41.7 Å². The van der Waals surface area contributed by atoms with Crippen LogP contribution in [0.3, 0.4) is 0 Å². The van der Waals surface area contributed by atoms with Gasteiger partial charge >= 0.3 is 0 Å². The Bertz CT molecular complexity index is 1100. The number of anilines is 2. The van der Waals surface area contributed by atoms with Crippen molar-refractivity contribution in [2.75, 3.05) is 29.9 Å². The van der Waals surface area contributed by atoms with Gasteiger partial charge in [0.15, 0.2) is 0 Å². The van der Waals surface area contributed by atoms with Crippen molar-refractivity contribution in [2.24, 2.45) is 0 Å². The van der Waals surface area contributed by atoms with E-state index in [2.05, 4.69) is 58.5 Å². The Hall–Kier alpha value is -3.26. The monoisotopic (exact) mass is 463 g/mol. The van der Waals surface area contributed by atoms with Crippen molar-refractivity contribution in [3.8, 4) is 0 Å². The number of para-hydroxylation sites is 1. The molecule has 0 unspecified atom stereocenters. The maximum Gasteiger partial charge on any atom is 0.286 e. The SMILES string of the molecule is Cc1cccc(N2CCN(C(=O)CCCc3nnc(C(=O)Nc4ccccc4)s3)C[C@@H]2C)c1. The summed E-state index contributed by atoms with van der Waals surface area (Å²) in [6, 6.07) is 18.1. The van der Waals surface area contributed by atoms with E-state index in [1.807, 2.05) is 35.2 Å². The molecule has 2 heterocycles. The van der Waals surface area contributed by atoms with Gasteiger partial charge in [0.25, 0.3) is 5.91 Å². The van der Waals surface area contributed by atoms with Gasteiger partial charge in [0.1, 0.15) is 5.01 Å². The Labute approximate surface area is 198 Å². The van der Waals surface area contributed by atoms with Gasteiger partial charge in [0.05, 0.1) is 0 Å². The Morgan fingerprint density at radius 1 is 1.09 bits per heavy atom. The lowest BCUT2D eigenvalue weighted by molar-refractivity contribution is -0.132. The fraction of sp³-hybridized carbons (Fsp3) is 0.360. The number of carbonyl (C=O) groups excluding carboxylic acids is 2. The van der Waals surface area contributed by atoms with E-state index in [-0.39, 0.29) is 17.9 Å². The molecule has 1 atom stereocenters. The molecule has 0 spiro atoms. The van der Waals surface area contributed by atoms with Crippen molar-refractivity contribution in [2.45, 2.75) is 39.2 Å². The second-order valence-corrected chi connectivity index (χ2v) is 9.46. The number of rotatable bonds is 7. The van der Waals surface area contributed by atoms with Crippen LogP contribution in [0, 0.1) is 6.92 Å². The quantitative estimate of drug-likeness (QED) is 0.569. The van der Waals surface area contributed by atoms with Crippen molar-refractivity contribution in [3.05, 3.63) is 70.2 Å². The summed E-state index contributed by atoms with van der Waals surface area (Å²) < 4.78 is 0. The second-order valence-electron chi connectivity index (χ2n) is 8.40. The zero-order valence-corrected chi connectivity index (χ0v) is 19.8. The summed E-state index contributed by atoms with van der Waals surface area (Å²) in [6.07, 6.45) is 1.81. The summed E-state index contributed by atoms with van der Waals surface area (Å²) in [7, 11) is 0. The van der Waals surface area contributed by atoms with E-state index >= 15 is 0 Å².